The van der Waals surface area contributed by atoms with E-state index in [-0.39, 0.29) is 5.78 Å². The summed E-state index contributed by atoms with van der Waals surface area (Å²) in [5.41, 5.74) is 2.07. The molecule has 20 heavy (non-hydrogen) atoms. The van der Waals surface area contributed by atoms with E-state index in [1.165, 1.54) is 0 Å². The summed E-state index contributed by atoms with van der Waals surface area (Å²) in [5.74, 6) is 0.733. The molecule has 0 aliphatic heterocycles. The van der Waals surface area contributed by atoms with E-state index < -0.39 is 0 Å². The van der Waals surface area contributed by atoms with E-state index >= 15 is 0 Å². The third kappa shape index (κ3) is 2.60. The molecule has 0 N–H and O–H groups in total. The van der Waals surface area contributed by atoms with E-state index in [2.05, 4.69) is 26.2 Å². The number of halogens is 1. The van der Waals surface area contributed by atoms with E-state index in [9.17, 15) is 4.79 Å². The summed E-state index contributed by atoms with van der Waals surface area (Å²) in [5, 5.41) is 8.16. The molecule has 0 saturated carbocycles. The topological polar surface area (TPSA) is 57.0 Å². The van der Waals surface area contributed by atoms with Crippen molar-refractivity contribution in [3.05, 3.63) is 34.1 Å². The van der Waals surface area contributed by atoms with Crippen LogP contribution in [0.3, 0.4) is 0 Å². The van der Waals surface area contributed by atoms with Gasteiger partial charge in [0, 0.05) is 17.0 Å². The summed E-state index contributed by atoms with van der Waals surface area (Å²) >= 11 is 3.49. The number of ether oxygens (including phenoxy) is 1. The van der Waals surface area contributed by atoms with Crippen LogP contribution < -0.4 is 4.74 Å². The van der Waals surface area contributed by atoms with Crippen molar-refractivity contribution in [2.75, 3.05) is 7.11 Å². The number of rotatable bonds is 5. The summed E-state index contributed by atoms with van der Waals surface area (Å²) in [6, 6.07) is 5.60. The van der Waals surface area contributed by atoms with Crippen molar-refractivity contribution >= 4 is 21.7 Å². The highest BCUT2D eigenvalue weighted by Gasteiger charge is 2.19. The fraction of sp³-hybridized carbons (Fsp3) is 0.357. The molecule has 0 aliphatic carbocycles. The van der Waals surface area contributed by atoms with Crippen LogP contribution in [0.25, 0.3) is 5.69 Å². The van der Waals surface area contributed by atoms with Gasteiger partial charge >= 0.3 is 0 Å². The van der Waals surface area contributed by atoms with Gasteiger partial charge in [-0.05, 0) is 34.5 Å². The number of methoxy groups -OCH3 is 1. The molecule has 1 heterocycles. The van der Waals surface area contributed by atoms with Crippen LogP contribution in [0.5, 0.6) is 5.75 Å². The molecule has 2 aromatic rings. The van der Waals surface area contributed by atoms with Crippen molar-refractivity contribution in [2.45, 2.75) is 26.7 Å². The molecule has 2 rings (SSSR count). The average molecular weight is 338 g/mol. The molecule has 1 aromatic heterocycles. The van der Waals surface area contributed by atoms with Crippen LogP contribution in [0, 0.1) is 0 Å². The van der Waals surface area contributed by atoms with Gasteiger partial charge in [-0.1, -0.05) is 19.1 Å². The van der Waals surface area contributed by atoms with E-state index in [0.29, 0.717) is 18.5 Å². The summed E-state index contributed by atoms with van der Waals surface area (Å²) < 4.78 is 7.79. The lowest BCUT2D eigenvalue weighted by atomic mass is 10.1. The minimum absolute atomic E-state index is 0.00659. The molecule has 0 saturated heterocycles. The maximum absolute atomic E-state index is 11.9. The van der Waals surface area contributed by atoms with Gasteiger partial charge < -0.3 is 4.74 Å². The Morgan fingerprint density at radius 3 is 2.75 bits per heavy atom. The van der Waals surface area contributed by atoms with Crippen LogP contribution in [0.4, 0.5) is 0 Å². The fourth-order valence-corrected chi connectivity index (χ4v) is 2.39. The van der Waals surface area contributed by atoms with Gasteiger partial charge in [-0.25, -0.2) is 4.68 Å². The molecule has 5 nitrogen and oxygen atoms in total. The van der Waals surface area contributed by atoms with Gasteiger partial charge in [-0.2, -0.15) is 0 Å². The molecule has 0 atom stereocenters. The lowest BCUT2D eigenvalue weighted by molar-refractivity contribution is 0.0982. The third-order valence-corrected chi connectivity index (χ3v) is 3.74. The number of hydrogen-bond donors (Lipinski definition) is 0. The second-order valence-electron chi connectivity index (χ2n) is 4.24. The maximum Gasteiger partial charge on any atom is 0.184 e. The smallest absolute Gasteiger partial charge is 0.184 e. The Morgan fingerprint density at radius 2 is 2.15 bits per heavy atom. The molecule has 0 aliphatic rings. The molecule has 106 valence electrons. The van der Waals surface area contributed by atoms with Gasteiger partial charge in [0.2, 0.25) is 0 Å². The first-order chi connectivity index (χ1) is 9.62. The summed E-state index contributed by atoms with van der Waals surface area (Å²) in [6.45, 7) is 3.80. The predicted octanol–water partition coefficient (Wildman–Crippen LogP) is 3.19. The standard InChI is InChI=1S/C14H16BrN3O2/c1-4-11-14(13(19)5-2)16-17-18(11)12-8-9(20-3)6-7-10(12)15/h6-8H,4-5H2,1-3H3. The summed E-state index contributed by atoms with van der Waals surface area (Å²) in [4.78, 5) is 11.9. The first-order valence-corrected chi connectivity index (χ1v) is 7.23. The first-order valence-electron chi connectivity index (χ1n) is 6.44. The van der Waals surface area contributed by atoms with Crippen LogP contribution in [-0.4, -0.2) is 27.9 Å². The Labute approximate surface area is 126 Å². The minimum atomic E-state index is 0.00659. The summed E-state index contributed by atoms with van der Waals surface area (Å²) in [6.07, 6.45) is 1.10. The summed E-state index contributed by atoms with van der Waals surface area (Å²) in [7, 11) is 1.61. The normalized spacial score (nSPS) is 10.6. The van der Waals surface area contributed by atoms with Gasteiger partial charge in [0.25, 0.3) is 0 Å². The Bertz CT molecular complexity index is 637. The van der Waals surface area contributed by atoms with Crippen molar-refractivity contribution in [3.63, 3.8) is 0 Å². The molecule has 0 bridgehead atoms. The number of aromatic nitrogens is 3. The van der Waals surface area contributed by atoms with Crippen molar-refractivity contribution in [3.8, 4) is 11.4 Å². The van der Waals surface area contributed by atoms with Crippen molar-refractivity contribution in [1.29, 1.82) is 0 Å². The first kappa shape index (κ1) is 14.7. The molecule has 6 heteroatoms. The number of carbonyl (C=O) groups is 1. The molecule has 1 aromatic carbocycles. The third-order valence-electron chi connectivity index (χ3n) is 3.06. The van der Waals surface area contributed by atoms with E-state index in [1.807, 2.05) is 32.0 Å². The SMILES string of the molecule is CCC(=O)c1nnn(-c2cc(OC)ccc2Br)c1CC. The van der Waals surface area contributed by atoms with Gasteiger partial charge in [0.15, 0.2) is 11.5 Å². The Kier molecular flexibility index (Phi) is 4.54. The Hall–Kier alpha value is -1.69. The fourth-order valence-electron chi connectivity index (χ4n) is 1.98. The van der Waals surface area contributed by atoms with Gasteiger partial charge in [0.1, 0.15) is 5.75 Å². The molecule has 0 unspecified atom stereocenters. The highest BCUT2D eigenvalue weighted by molar-refractivity contribution is 9.10. The average Bonchev–Trinajstić information content (AvgIpc) is 2.90. The van der Waals surface area contributed by atoms with Crippen LogP contribution in [0.2, 0.25) is 0 Å². The van der Waals surface area contributed by atoms with Crippen molar-refractivity contribution in [1.82, 2.24) is 15.0 Å². The van der Waals surface area contributed by atoms with E-state index in [4.69, 9.17) is 4.74 Å². The van der Waals surface area contributed by atoms with E-state index in [0.717, 1.165) is 21.6 Å². The second-order valence-corrected chi connectivity index (χ2v) is 5.10. The quantitative estimate of drug-likeness (QED) is 0.786. The molecule has 0 fully saturated rings. The van der Waals surface area contributed by atoms with Crippen LogP contribution in [0.1, 0.15) is 36.5 Å². The van der Waals surface area contributed by atoms with Crippen molar-refractivity contribution in [2.24, 2.45) is 0 Å². The molecule has 0 radical (unpaired) electrons. The zero-order valence-corrected chi connectivity index (χ0v) is 13.3. The largest absolute Gasteiger partial charge is 0.497 e. The highest BCUT2D eigenvalue weighted by Crippen LogP contribution is 2.27. The number of Topliss-reactive ketones (excluding diaryl/α,β-unsaturated/α-hetero) is 1. The van der Waals surface area contributed by atoms with Gasteiger partial charge in [-0.3, -0.25) is 4.79 Å². The molecule has 0 spiro atoms. The highest BCUT2D eigenvalue weighted by atomic mass is 79.9. The van der Waals surface area contributed by atoms with Crippen LogP contribution >= 0.6 is 15.9 Å². The second kappa shape index (κ2) is 6.17. The number of hydrogen-bond acceptors (Lipinski definition) is 4. The van der Waals surface area contributed by atoms with Gasteiger partial charge in [-0.15, -0.1) is 5.10 Å². The maximum atomic E-state index is 11.9. The van der Waals surface area contributed by atoms with Crippen LogP contribution in [0.15, 0.2) is 22.7 Å². The predicted molar refractivity (Wildman–Crippen MR) is 79.6 cm³/mol. The number of ketones is 1. The van der Waals surface area contributed by atoms with Gasteiger partial charge in [0.05, 0.1) is 18.5 Å². The van der Waals surface area contributed by atoms with E-state index in [1.54, 1.807) is 11.8 Å². The molecule has 0 amide bonds. The zero-order valence-electron chi connectivity index (χ0n) is 11.7. The zero-order chi connectivity index (χ0) is 14.7. The van der Waals surface area contributed by atoms with Crippen LogP contribution in [-0.2, 0) is 6.42 Å². The van der Waals surface area contributed by atoms with Crippen molar-refractivity contribution < 1.29 is 9.53 Å². The number of nitrogens with zero attached hydrogens (tertiary/aromatic N) is 3. The Morgan fingerprint density at radius 1 is 1.40 bits per heavy atom. The number of benzene rings is 1. The minimum Gasteiger partial charge on any atom is -0.497 e. The lowest BCUT2D eigenvalue weighted by Gasteiger charge is -2.09. The molecular formula is C14H16BrN3O2. The molecular weight excluding hydrogens is 322 g/mol. The number of carbonyl (C=O) groups excluding carboxylic acids is 1. The lowest BCUT2D eigenvalue weighted by Crippen LogP contribution is -2.06. The monoisotopic (exact) mass is 337 g/mol. The Balaban J connectivity index is 2.58.